The third-order valence-corrected chi connectivity index (χ3v) is 3.95. The summed E-state index contributed by atoms with van der Waals surface area (Å²) >= 11 is 0. The van der Waals surface area contributed by atoms with Crippen LogP contribution >= 0.6 is 0 Å². The molecule has 2 N–H and O–H groups in total. The highest BCUT2D eigenvalue weighted by Gasteiger charge is 2.44. The Balaban J connectivity index is 1.97. The molecule has 2 rings (SSSR count). The summed E-state index contributed by atoms with van der Waals surface area (Å²) in [5.41, 5.74) is 6.46. The summed E-state index contributed by atoms with van der Waals surface area (Å²) in [6, 6.07) is 8.10. The summed E-state index contributed by atoms with van der Waals surface area (Å²) in [6.07, 6.45) is 1.86. The quantitative estimate of drug-likeness (QED) is 0.859. The van der Waals surface area contributed by atoms with Crippen LogP contribution in [0.1, 0.15) is 44.6 Å². The molecule has 1 saturated carbocycles. The highest BCUT2D eigenvalue weighted by Crippen LogP contribution is 2.32. The standard InChI is InChI=1S/C16H23NO3/c1-11(2)12-4-6-13(7-5-12)20-14-8-9-16(17,10-14)15(18)19-3/h4-7,11,14H,8-10,17H2,1-3H3. The number of esters is 1. The van der Waals surface area contributed by atoms with Crippen molar-refractivity contribution in [2.75, 3.05) is 7.11 Å². The van der Waals surface area contributed by atoms with Gasteiger partial charge in [-0.3, -0.25) is 4.79 Å². The predicted octanol–water partition coefficient (Wildman–Crippen LogP) is 2.61. The first-order chi connectivity index (χ1) is 9.44. The molecule has 1 aromatic carbocycles. The lowest BCUT2D eigenvalue weighted by molar-refractivity contribution is -0.147. The molecule has 110 valence electrons. The largest absolute Gasteiger partial charge is 0.490 e. The van der Waals surface area contributed by atoms with Crippen molar-refractivity contribution in [1.82, 2.24) is 0 Å². The molecule has 20 heavy (non-hydrogen) atoms. The average Bonchev–Trinajstić information content (AvgIpc) is 2.81. The van der Waals surface area contributed by atoms with Crippen LogP contribution in [-0.2, 0) is 9.53 Å². The van der Waals surface area contributed by atoms with Gasteiger partial charge in [0.25, 0.3) is 0 Å². The maximum absolute atomic E-state index is 11.7. The number of hydrogen-bond acceptors (Lipinski definition) is 4. The van der Waals surface area contributed by atoms with Crippen molar-refractivity contribution >= 4 is 5.97 Å². The van der Waals surface area contributed by atoms with E-state index in [1.807, 2.05) is 12.1 Å². The molecule has 4 nitrogen and oxygen atoms in total. The predicted molar refractivity (Wildman–Crippen MR) is 77.7 cm³/mol. The molecule has 0 saturated heterocycles. The Morgan fingerprint density at radius 3 is 2.55 bits per heavy atom. The lowest BCUT2D eigenvalue weighted by atomic mass is 10.00. The number of hydrogen-bond donors (Lipinski definition) is 1. The highest BCUT2D eigenvalue weighted by atomic mass is 16.5. The van der Waals surface area contributed by atoms with E-state index in [0.29, 0.717) is 18.8 Å². The van der Waals surface area contributed by atoms with Crippen LogP contribution in [0.15, 0.2) is 24.3 Å². The smallest absolute Gasteiger partial charge is 0.325 e. The normalized spacial score (nSPS) is 25.8. The minimum Gasteiger partial charge on any atom is -0.490 e. The molecule has 0 spiro atoms. The maximum atomic E-state index is 11.7. The van der Waals surface area contributed by atoms with Gasteiger partial charge in [-0.05, 0) is 36.5 Å². The van der Waals surface area contributed by atoms with E-state index in [2.05, 4.69) is 26.0 Å². The number of carbonyl (C=O) groups is 1. The number of methoxy groups -OCH3 is 1. The number of carbonyl (C=O) groups excluding carboxylic acids is 1. The van der Waals surface area contributed by atoms with Crippen LogP contribution < -0.4 is 10.5 Å². The van der Waals surface area contributed by atoms with E-state index in [9.17, 15) is 4.79 Å². The van der Waals surface area contributed by atoms with Crippen molar-refractivity contribution in [2.45, 2.75) is 50.7 Å². The second-order valence-corrected chi connectivity index (χ2v) is 5.85. The molecule has 0 radical (unpaired) electrons. The fraction of sp³-hybridized carbons (Fsp3) is 0.562. The summed E-state index contributed by atoms with van der Waals surface area (Å²) in [5.74, 6) is 0.985. The van der Waals surface area contributed by atoms with Gasteiger partial charge in [-0.15, -0.1) is 0 Å². The van der Waals surface area contributed by atoms with Crippen LogP contribution in [0.2, 0.25) is 0 Å². The minimum atomic E-state index is -0.892. The van der Waals surface area contributed by atoms with Crippen LogP contribution in [0.3, 0.4) is 0 Å². The number of nitrogens with two attached hydrogens (primary N) is 1. The summed E-state index contributed by atoms with van der Waals surface area (Å²) in [6.45, 7) is 4.32. The third kappa shape index (κ3) is 3.12. The van der Waals surface area contributed by atoms with Crippen LogP contribution in [-0.4, -0.2) is 24.7 Å². The highest BCUT2D eigenvalue weighted by molar-refractivity contribution is 5.80. The van der Waals surface area contributed by atoms with Crippen LogP contribution in [0.5, 0.6) is 5.75 Å². The average molecular weight is 277 g/mol. The van der Waals surface area contributed by atoms with E-state index < -0.39 is 5.54 Å². The van der Waals surface area contributed by atoms with Crippen molar-refractivity contribution in [3.05, 3.63) is 29.8 Å². The van der Waals surface area contributed by atoms with Gasteiger partial charge in [0.2, 0.25) is 0 Å². The molecular weight excluding hydrogens is 254 g/mol. The summed E-state index contributed by atoms with van der Waals surface area (Å²) in [4.78, 5) is 11.7. The first kappa shape index (κ1) is 14.9. The summed E-state index contributed by atoms with van der Waals surface area (Å²) in [5, 5.41) is 0. The molecule has 1 aromatic rings. The molecule has 1 aliphatic carbocycles. The number of rotatable bonds is 4. The molecule has 0 bridgehead atoms. The Morgan fingerprint density at radius 2 is 2.00 bits per heavy atom. The molecular formula is C16H23NO3. The molecule has 2 unspecified atom stereocenters. The Kier molecular flexibility index (Phi) is 4.33. The monoisotopic (exact) mass is 277 g/mol. The maximum Gasteiger partial charge on any atom is 0.325 e. The van der Waals surface area contributed by atoms with E-state index in [1.165, 1.54) is 12.7 Å². The molecule has 0 amide bonds. The molecule has 4 heteroatoms. The first-order valence-electron chi connectivity index (χ1n) is 7.08. The molecule has 0 aromatic heterocycles. The number of ether oxygens (including phenoxy) is 2. The zero-order valence-electron chi connectivity index (χ0n) is 12.4. The molecule has 1 fully saturated rings. The Bertz CT molecular complexity index is 469. The van der Waals surface area contributed by atoms with Crippen molar-refractivity contribution in [3.8, 4) is 5.75 Å². The Morgan fingerprint density at radius 1 is 1.35 bits per heavy atom. The molecule has 1 aliphatic rings. The van der Waals surface area contributed by atoms with Crippen molar-refractivity contribution in [3.63, 3.8) is 0 Å². The fourth-order valence-electron chi connectivity index (χ4n) is 2.64. The van der Waals surface area contributed by atoms with Gasteiger partial charge < -0.3 is 15.2 Å². The van der Waals surface area contributed by atoms with Gasteiger partial charge in [0.1, 0.15) is 17.4 Å². The van der Waals surface area contributed by atoms with Gasteiger partial charge in [-0.25, -0.2) is 0 Å². The van der Waals surface area contributed by atoms with E-state index in [-0.39, 0.29) is 12.1 Å². The van der Waals surface area contributed by atoms with Gasteiger partial charge in [-0.2, -0.15) is 0 Å². The molecule has 0 aliphatic heterocycles. The summed E-state index contributed by atoms with van der Waals surface area (Å²) < 4.78 is 10.7. The number of benzene rings is 1. The SMILES string of the molecule is COC(=O)C1(N)CCC(Oc2ccc(C(C)C)cc2)C1. The lowest BCUT2D eigenvalue weighted by Gasteiger charge is -2.21. The zero-order valence-corrected chi connectivity index (χ0v) is 12.4. The Labute approximate surface area is 120 Å². The van der Waals surface area contributed by atoms with Crippen LogP contribution in [0.25, 0.3) is 0 Å². The van der Waals surface area contributed by atoms with E-state index in [0.717, 1.165) is 12.2 Å². The topological polar surface area (TPSA) is 61.5 Å². The van der Waals surface area contributed by atoms with Gasteiger partial charge in [-0.1, -0.05) is 26.0 Å². The fourth-order valence-corrected chi connectivity index (χ4v) is 2.64. The second kappa shape index (κ2) is 5.83. The van der Waals surface area contributed by atoms with Crippen molar-refractivity contribution in [2.24, 2.45) is 5.73 Å². The molecule has 2 atom stereocenters. The van der Waals surface area contributed by atoms with Gasteiger partial charge >= 0.3 is 5.97 Å². The van der Waals surface area contributed by atoms with Gasteiger partial charge in [0, 0.05) is 6.42 Å². The third-order valence-electron chi connectivity index (χ3n) is 3.95. The van der Waals surface area contributed by atoms with E-state index in [4.69, 9.17) is 15.2 Å². The first-order valence-corrected chi connectivity index (χ1v) is 7.08. The van der Waals surface area contributed by atoms with Crippen molar-refractivity contribution in [1.29, 1.82) is 0 Å². The minimum absolute atomic E-state index is 0.0241. The molecule has 0 heterocycles. The van der Waals surface area contributed by atoms with Crippen LogP contribution in [0, 0.1) is 0 Å². The summed E-state index contributed by atoms with van der Waals surface area (Å²) in [7, 11) is 1.37. The second-order valence-electron chi connectivity index (χ2n) is 5.85. The van der Waals surface area contributed by atoms with Gasteiger partial charge in [0.15, 0.2) is 0 Å². The Hall–Kier alpha value is -1.55. The van der Waals surface area contributed by atoms with E-state index in [1.54, 1.807) is 0 Å². The van der Waals surface area contributed by atoms with Gasteiger partial charge in [0.05, 0.1) is 7.11 Å². The van der Waals surface area contributed by atoms with E-state index >= 15 is 0 Å². The van der Waals surface area contributed by atoms with Crippen molar-refractivity contribution < 1.29 is 14.3 Å². The van der Waals surface area contributed by atoms with Crippen LogP contribution in [0.4, 0.5) is 0 Å². The zero-order chi connectivity index (χ0) is 14.8. The lowest BCUT2D eigenvalue weighted by Crippen LogP contribution is -2.47.